The van der Waals surface area contributed by atoms with E-state index in [0.29, 0.717) is 0 Å². The number of hydrogen-bond donors (Lipinski definition) is 0. The van der Waals surface area contributed by atoms with E-state index in [2.05, 4.69) is 86.4 Å². The first-order chi connectivity index (χ1) is 24.6. The Bertz CT molecular complexity index is 742. The second kappa shape index (κ2) is 47.1. The van der Waals surface area contributed by atoms with Crippen molar-refractivity contribution in [3.8, 4) is 10.8 Å². The minimum Gasteiger partial charge on any atom is -0.696 e. The van der Waals surface area contributed by atoms with Crippen molar-refractivity contribution in [1.82, 2.24) is 0 Å². The third kappa shape index (κ3) is 41.7. The summed E-state index contributed by atoms with van der Waals surface area (Å²) in [5.74, 6) is 3.04. The number of nitrogens with zero attached hydrogens (tertiary/aromatic N) is 6. The van der Waals surface area contributed by atoms with E-state index < -0.39 is 0 Å². The van der Waals surface area contributed by atoms with Gasteiger partial charge in [-0.25, -0.2) is 10.5 Å². The summed E-state index contributed by atoms with van der Waals surface area (Å²) < 4.78 is 0. The molecule has 4 aliphatic rings. The van der Waals surface area contributed by atoms with Crippen molar-refractivity contribution in [2.75, 3.05) is 45.8 Å². The molecule has 0 aromatic rings. The monoisotopic (exact) mass is 786 g/mol. The smallest absolute Gasteiger partial charge is 0 e. The summed E-state index contributed by atoms with van der Waals surface area (Å²) in [5, 5.41) is 34.1. The number of nitriles is 2. The molecule has 0 aromatic carbocycles. The molecule has 0 amide bonds. The number of hydrogen-bond acceptors (Lipinski definition) is 4. The number of thiocyanates is 2. The van der Waals surface area contributed by atoms with Crippen LogP contribution in [0.15, 0.2) is 23.9 Å². The Morgan fingerprint density at radius 3 is 1.16 bits per heavy atom. The zero-order chi connectivity index (χ0) is 37.2. The molecule has 4 rings (SSSR count). The Labute approximate surface area is 339 Å². The second-order valence-electron chi connectivity index (χ2n) is 13.9. The van der Waals surface area contributed by atoms with Gasteiger partial charge in [-0.05, 0) is 30.6 Å². The van der Waals surface area contributed by atoms with Crippen LogP contribution >= 0.6 is 0 Å². The molecule has 51 heavy (non-hydrogen) atoms. The standard InChI is InChI=1S/3C10H20N.C10H16N.2CHNS.Ni/c4*1-2-3-4-5-10-6-8-11-9-7-10;2*2-1-3;/h3*10H,2-9H2,1H3;6-8H,2-5,9H2,1H3;2*3H;/q4*-1;;;/p-2. The molecule has 0 spiro atoms. The Hall–Kier alpha value is -0.926. The summed E-state index contributed by atoms with van der Waals surface area (Å²) in [4.78, 5) is 0. The van der Waals surface area contributed by atoms with Crippen LogP contribution in [-0.2, 0) is 41.7 Å². The summed E-state index contributed by atoms with van der Waals surface area (Å²) in [7, 11) is 0. The van der Waals surface area contributed by atoms with E-state index in [-0.39, 0.29) is 16.5 Å². The maximum absolute atomic E-state index is 7.13. The third-order valence-electron chi connectivity index (χ3n) is 9.74. The van der Waals surface area contributed by atoms with Gasteiger partial charge in [0.2, 0.25) is 0 Å². The normalized spacial score (nSPS) is 16.9. The van der Waals surface area contributed by atoms with E-state index in [9.17, 15) is 0 Å². The molecule has 0 aromatic heterocycles. The van der Waals surface area contributed by atoms with Crippen LogP contribution in [0.1, 0.15) is 169 Å². The Morgan fingerprint density at radius 2 is 0.882 bits per heavy atom. The van der Waals surface area contributed by atoms with Gasteiger partial charge in [0.1, 0.15) is 0 Å². The Morgan fingerprint density at radius 1 is 0.569 bits per heavy atom. The molecular formula is C42H76N6NiS2-6. The first-order valence-corrected chi connectivity index (χ1v) is 21.3. The SMILES string of the molecule is CCCCCC1=CC[N-]C=C1.CCCCCC1CC[N-]CC1.CCCCCC1CC[N-]CC1.CCCCCC1CC[N-]CC1.N#C[S-].N#C[S-].[Ni]. The first kappa shape index (κ1) is 54.4. The van der Waals surface area contributed by atoms with Crippen LogP contribution in [0.3, 0.4) is 0 Å². The van der Waals surface area contributed by atoms with Crippen LogP contribution in [0.5, 0.6) is 0 Å². The summed E-state index contributed by atoms with van der Waals surface area (Å²) in [6, 6.07) is 0. The van der Waals surface area contributed by atoms with E-state index in [1.165, 1.54) is 158 Å². The summed E-state index contributed by atoms with van der Waals surface area (Å²) in [6.45, 7) is 16.8. The molecule has 9 heteroatoms. The van der Waals surface area contributed by atoms with Crippen LogP contribution < -0.4 is 0 Å². The van der Waals surface area contributed by atoms with E-state index in [0.717, 1.165) is 63.6 Å². The fraction of sp³-hybridized carbons (Fsp3) is 0.857. The molecule has 0 bridgehead atoms. The van der Waals surface area contributed by atoms with Crippen LogP contribution in [-0.4, -0.2) is 45.8 Å². The molecule has 0 unspecified atom stereocenters. The van der Waals surface area contributed by atoms with E-state index in [1.807, 2.05) is 6.20 Å². The van der Waals surface area contributed by atoms with Gasteiger partial charge in [-0.3, -0.25) is 0 Å². The van der Waals surface area contributed by atoms with Crippen molar-refractivity contribution in [3.63, 3.8) is 0 Å². The van der Waals surface area contributed by atoms with Gasteiger partial charge in [0.25, 0.3) is 0 Å². The van der Waals surface area contributed by atoms with E-state index >= 15 is 0 Å². The molecule has 0 atom stereocenters. The molecule has 4 heterocycles. The number of rotatable bonds is 16. The van der Waals surface area contributed by atoms with Crippen molar-refractivity contribution >= 4 is 25.3 Å². The Balaban J connectivity index is -0.000000568. The van der Waals surface area contributed by atoms with Gasteiger partial charge < -0.3 is 46.5 Å². The topological polar surface area (TPSA) is 104 Å². The third-order valence-corrected chi connectivity index (χ3v) is 9.74. The van der Waals surface area contributed by atoms with Crippen LogP contribution in [0.4, 0.5) is 0 Å². The average molecular weight is 788 g/mol. The van der Waals surface area contributed by atoms with Crippen molar-refractivity contribution in [1.29, 1.82) is 10.5 Å². The average Bonchev–Trinajstić information content (AvgIpc) is 3.15. The minimum atomic E-state index is 0. The number of unbranched alkanes of at least 4 members (excludes halogenated alkanes) is 8. The molecule has 0 aliphatic carbocycles. The fourth-order valence-corrected chi connectivity index (χ4v) is 6.54. The number of piperidine rings is 3. The van der Waals surface area contributed by atoms with E-state index in [1.54, 1.807) is 0 Å². The van der Waals surface area contributed by atoms with Crippen LogP contribution in [0, 0.1) is 39.1 Å². The van der Waals surface area contributed by atoms with Gasteiger partial charge in [-0.15, -0.1) is 45.8 Å². The quantitative estimate of drug-likeness (QED) is 0.0672. The molecule has 4 aliphatic heterocycles. The largest absolute Gasteiger partial charge is 0.696 e. The molecule has 3 saturated heterocycles. The number of allylic oxidation sites excluding steroid dienone is 2. The van der Waals surface area contributed by atoms with Crippen molar-refractivity contribution in [2.24, 2.45) is 17.8 Å². The molecule has 6 nitrogen and oxygen atoms in total. The minimum absolute atomic E-state index is 0. The molecule has 0 saturated carbocycles. The van der Waals surface area contributed by atoms with Gasteiger partial charge >= 0.3 is 0 Å². The van der Waals surface area contributed by atoms with Gasteiger partial charge in [-0.1, -0.05) is 185 Å². The molecule has 0 radical (unpaired) electrons. The summed E-state index contributed by atoms with van der Waals surface area (Å²) in [6.07, 6.45) is 36.7. The van der Waals surface area contributed by atoms with Gasteiger partial charge in [0, 0.05) is 16.5 Å². The summed E-state index contributed by atoms with van der Waals surface area (Å²) >= 11 is 7.40. The Kier molecular flexibility index (Phi) is 50.3. The van der Waals surface area contributed by atoms with Crippen LogP contribution in [0.2, 0.25) is 0 Å². The summed E-state index contributed by atoms with van der Waals surface area (Å²) in [5.41, 5.74) is 1.47. The molecular weight excluding hydrogens is 711 g/mol. The van der Waals surface area contributed by atoms with Crippen LogP contribution in [0.25, 0.3) is 21.3 Å². The van der Waals surface area contributed by atoms with Gasteiger partial charge in [0.15, 0.2) is 0 Å². The molecule has 3 fully saturated rings. The van der Waals surface area contributed by atoms with Crippen molar-refractivity contribution < 1.29 is 16.5 Å². The van der Waals surface area contributed by atoms with E-state index in [4.69, 9.17) is 10.5 Å². The zero-order valence-corrected chi connectivity index (χ0v) is 35.9. The second-order valence-corrected chi connectivity index (χ2v) is 14.3. The van der Waals surface area contributed by atoms with Crippen molar-refractivity contribution in [3.05, 3.63) is 45.2 Å². The molecule has 302 valence electrons. The van der Waals surface area contributed by atoms with Gasteiger partial charge in [-0.2, -0.15) is 6.20 Å². The zero-order valence-electron chi connectivity index (χ0n) is 33.3. The predicted octanol–water partition coefficient (Wildman–Crippen LogP) is 13.5. The fourth-order valence-electron chi connectivity index (χ4n) is 6.54. The predicted molar refractivity (Wildman–Crippen MR) is 225 cm³/mol. The molecule has 0 N–H and O–H groups in total. The maximum atomic E-state index is 7.13. The first-order valence-electron chi connectivity index (χ1n) is 20.5. The maximum Gasteiger partial charge on any atom is 0 e. The van der Waals surface area contributed by atoms with Gasteiger partial charge in [0.05, 0.1) is 0 Å². The van der Waals surface area contributed by atoms with Crippen molar-refractivity contribution in [2.45, 2.75) is 169 Å².